The van der Waals surface area contributed by atoms with Gasteiger partial charge in [0.2, 0.25) is 0 Å². The predicted molar refractivity (Wildman–Crippen MR) is 79.3 cm³/mol. The van der Waals surface area contributed by atoms with E-state index < -0.39 is 0 Å². The van der Waals surface area contributed by atoms with Gasteiger partial charge in [-0.3, -0.25) is 9.55 Å². The molecule has 5 nitrogen and oxygen atoms in total. The third kappa shape index (κ3) is 2.29. The number of rotatable bonds is 3. The Bertz CT molecular complexity index is 747. The lowest BCUT2D eigenvalue weighted by atomic mass is 10.2. The van der Waals surface area contributed by atoms with E-state index >= 15 is 0 Å². The van der Waals surface area contributed by atoms with Gasteiger partial charge in [-0.05, 0) is 37.1 Å². The number of ether oxygens (including phenoxy) is 1. The van der Waals surface area contributed by atoms with Crippen molar-refractivity contribution < 1.29 is 4.74 Å². The molecule has 4 heterocycles. The van der Waals surface area contributed by atoms with Gasteiger partial charge in [0.25, 0.3) is 0 Å². The molecule has 0 radical (unpaired) electrons. The minimum absolute atomic E-state index is 0.266. The van der Waals surface area contributed by atoms with Gasteiger partial charge in [-0.25, -0.2) is 9.97 Å². The molecule has 4 rings (SSSR count). The zero-order chi connectivity index (χ0) is 14.1. The van der Waals surface area contributed by atoms with Crippen molar-refractivity contribution in [3.63, 3.8) is 0 Å². The summed E-state index contributed by atoms with van der Waals surface area (Å²) in [5.41, 5.74) is 2.85. The zero-order valence-corrected chi connectivity index (χ0v) is 11.6. The minimum Gasteiger partial charge on any atom is -0.378 e. The third-order valence-electron chi connectivity index (χ3n) is 3.84. The van der Waals surface area contributed by atoms with Gasteiger partial charge in [0.05, 0.1) is 11.8 Å². The van der Waals surface area contributed by atoms with Crippen LogP contribution in [0, 0.1) is 0 Å². The Kier molecular flexibility index (Phi) is 3.12. The van der Waals surface area contributed by atoms with Gasteiger partial charge in [0.15, 0.2) is 5.65 Å². The minimum atomic E-state index is 0.266. The van der Waals surface area contributed by atoms with Crippen LogP contribution in [0.3, 0.4) is 0 Å². The van der Waals surface area contributed by atoms with E-state index in [1.807, 2.05) is 24.3 Å². The predicted octanol–water partition coefficient (Wildman–Crippen LogP) is 2.54. The number of pyridine rings is 2. The van der Waals surface area contributed by atoms with Crippen LogP contribution in [0.2, 0.25) is 0 Å². The van der Waals surface area contributed by atoms with Crippen LogP contribution >= 0.6 is 0 Å². The average Bonchev–Trinajstić information content (AvgIpc) is 3.15. The second-order valence-corrected chi connectivity index (χ2v) is 5.25. The third-order valence-corrected chi connectivity index (χ3v) is 3.84. The molecule has 0 N–H and O–H groups in total. The monoisotopic (exact) mass is 280 g/mol. The fraction of sp³-hybridized carbons (Fsp3) is 0.312. The van der Waals surface area contributed by atoms with Crippen molar-refractivity contribution in [1.82, 2.24) is 19.5 Å². The maximum absolute atomic E-state index is 5.76. The van der Waals surface area contributed by atoms with Crippen molar-refractivity contribution in [2.45, 2.75) is 25.4 Å². The van der Waals surface area contributed by atoms with E-state index in [-0.39, 0.29) is 6.10 Å². The first-order valence-corrected chi connectivity index (χ1v) is 7.26. The van der Waals surface area contributed by atoms with E-state index in [2.05, 4.69) is 14.5 Å². The van der Waals surface area contributed by atoms with Crippen LogP contribution in [0.5, 0.6) is 0 Å². The summed E-state index contributed by atoms with van der Waals surface area (Å²) < 4.78 is 7.87. The molecule has 1 fully saturated rings. The summed E-state index contributed by atoms with van der Waals surface area (Å²) in [5, 5.41) is 0. The van der Waals surface area contributed by atoms with Crippen molar-refractivity contribution in [2.24, 2.45) is 0 Å². The van der Waals surface area contributed by atoms with E-state index in [1.54, 1.807) is 18.6 Å². The smallest absolute Gasteiger partial charge is 0.164 e. The summed E-state index contributed by atoms with van der Waals surface area (Å²) in [6, 6.07) is 7.88. The normalized spacial score (nSPS) is 18.4. The van der Waals surface area contributed by atoms with Crippen LogP contribution in [0.25, 0.3) is 16.9 Å². The molecule has 3 aromatic rings. The van der Waals surface area contributed by atoms with Crippen LogP contribution in [-0.2, 0) is 11.2 Å². The Labute approximate surface area is 122 Å². The van der Waals surface area contributed by atoms with Gasteiger partial charge in [0.1, 0.15) is 11.3 Å². The molecule has 1 aliphatic heterocycles. The number of hydrogen-bond acceptors (Lipinski definition) is 4. The highest BCUT2D eigenvalue weighted by atomic mass is 16.5. The number of hydrogen-bond donors (Lipinski definition) is 0. The van der Waals surface area contributed by atoms with Crippen LogP contribution in [0.15, 0.2) is 42.9 Å². The molecule has 21 heavy (non-hydrogen) atoms. The summed E-state index contributed by atoms with van der Waals surface area (Å²) in [5.74, 6) is 1.00. The molecule has 106 valence electrons. The molecule has 3 aromatic heterocycles. The van der Waals surface area contributed by atoms with Crippen molar-refractivity contribution in [3.05, 3.63) is 48.7 Å². The maximum Gasteiger partial charge on any atom is 0.164 e. The topological polar surface area (TPSA) is 52.8 Å². The van der Waals surface area contributed by atoms with E-state index in [1.165, 1.54) is 0 Å². The number of aromatic nitrogens is 4. The standard InChI is InChI=1S/C16H16N4O/c1-4-14-16(18-7-1)20(12-5-8-17-9-6-12)15(19-14)11-13-3-2-10-21-13/h1,4-9,13H,2-3,10-11H2. The summed E-state index contributed by atoms with van der Waals surface area (Å²) in [7, 11) is 0. The highest BCUT2D eigenvalue weighted by Gasteiger charge is 2.21. The molecule has 0 bridgehead atoms. The summed E-state index contributed by atoms with van der Waals surface area (Å²) in [6.45, 7) is 0.860. The quantitative estimate of drug-likeness (QED) is 0.740. The number of nitrogens with zero attached hydrogens (tertiary/aromatic N) is 4. The molecule has 5 heteroatoms. The van der Waals surface area contributed by atoms with Crippen molar-refractivity contribution in [2.75, 3.05) is 6.61 Å². The first kappa shape index (κ1) is 12.5. The Hall–Kier alpha value is -2.27. The fourth-order valence-electron chi connectivity index (χ4n) is 2.87. The summed E-state index contributed by atoms with van der Waals surface area (Å²) >= 11 is 0. The number of imidazole rings is 1. The SMILES string of the molecule is c1cnc2c(c1)nc(CC1CCCO1)n2-c1ccncc1. The summed E-state index contributed by atoms with van der Waals surface area (Å²) in [4.78, 5) is 13.3. The largest absolute Gasteiger partial charge is 0.378 e. The van der Waals surface area contributed by atoms with Gasteiger partial charge in [0, 0.05) is 31.6 Å². The molecule has 1 unspecified atom stereocenters. The molecule has 0 saturated carbocycles. The van der Waals surface area contributed by atoms with Gasteiger partial charge in [-0.1, -0.05) is 0 Å². The van der Waals surface area contributed by atoms with Gasteiger partial charge in [-0.2, -0.15) is 0 Å². The van der Waals surface area contributed by atoms with Gasteiger partial charge >= 0.3 is 0 Å². The highest BCUT2D eigenvalue weighted by molar-refractivity contribution is 5.73. The molecular formula is C16H16N4O. The Morgan fingerprint density at radius 3 is 2.90 bits per heavy atom. The first-order chi connectivity index (χ1) is 10.4. The van der Waals surface area contributed by atoms with E-state index in [9.17, 15) is 0 Å². The van der Waals surface area contributed by atoms with Crippen molar-refractivity contribution >= 4 is 11.2 Å². The van der Waals surface area contributed by atoms with E-state index in [0.717, 1.165) is 48.5 Å². The molecule has 0 amide bonds. The average molecular weight is 280 g/mol. The lowest BCUT2D eigenvalue weighted by Gasteiger charge is -2.11. The van der Waals surface area contributed by atoms with Crippen LogP contribution in [-0.4, -0.2) is 32.2 Å². The Morgan fingerprint density at radius 1 is 1.19 bits per heavy atom. The fourth-order valence-corrected chi connectivity index (χ4v) is 2.87. The highest BCUT2D eigenvalue weighted by Crippen LogP contribution is 2.23. The first-order valence-electron chi connectivity index (χ1n) is 7.26. The molecule has 1 aliphatic rings. The molecule has 0 spiro atoms. The second kappa shape index (κ2) is 5.26. The Morgan fingerprint density at radius 2 is 2.10 bits per heavy atom. The van der Waals surface area contributed by atoms with E-state index in [4.69, 9.17) is 9.72 Å². The van der Waals surface area contributed by atoms with Crippen molar-refractivity contribution in [1.29, 1.82) is 0 Å². The van der Waals surface area contributed by atoms with Crippen LogP contribution in [0.4, 0.5) is 0 Å². The van der Waals surface area contributed by atoms with Crippen LogP contribution < -0.4 is 0 Å². The van der Waals surface area contributed by atoms with Crippen LogP contribution in [0.1, 0.15) is 18.7 Å². The molecular weight excluding hydrogens is 264 g/mol. The van der Waals surface area contributed by atoms with Gasteiger partial charge in [-0.15, -0.1) is 0 Å². The molecule has 0 aliphatic carbocycles. The number of fused-ring (bicyclic) bond motifs is 1. The summed E-state index contributed by atoms with van der Waals surface area (Å²) in [6.07, 6.45) is 8.71. The van der Waals surface area contributed by atoms with E-state index in [0.29, 0.717) is 0 Å². The second-order valence-electron chi connectivity index (χ2n) is 5.25. The molecule has 1 saturated heterocycles. The zero-order valence-electron chi connectivity index (χ0n) is 11.6. The molecule has 0 aromatic carbocycles. The van der Waals surface area contributed by atoms with Crippen molar-refractivity contribution in [3.8, 4) is 5.69 Å². The Balaban J connectivity index is 1.84. The lowest BCUT2D eigenvalue weighted by Crippen LogP contribution is -2.13. The van der Waals surface area contributed by atoms with Gasteiger partial charge < -0.3 is 4.74 Å². The molecule has 1 atom stereocenters. The maximum atomic E-state index is 5.76. The lowest BCUT2D eigenvalue weighted by molar-refractivity contribution is 0.109.